The Morgan fingerprint density at radius 3 is 2.55 bits per heavy atom. The molecule has 1 aliphatic heterocycles. The molecule has 1 amide bonds. The van der Waals surface area contributed by atoms with Crippen LogP contribution in [0, 0.1) is 11.6 Å². The van der Waals surface area contributed by atoms with Gasteiger partial charge in [-0.25, -0.2) is 17.2 Å². The fourth-order valence-electron chi connectivity index (χ4n) is 3.85. The Morgan fingerprint density at radius 2 is 1.87 bits per heavy atom. The van der Waals surface area contributed by atoms with E-state index >= 15 is 0 Å². The number of carbonyl (C=O) groups is 1. The van der Waals surface area contributed by atoms with Gasteiger partial charge in [0.1, 0.15) is 29.6 Å². The van der Waals surface area contributed by atoms with E-state index in [9.17, 15) is 40.3 Å². The molecule has 0 saturated carbocycles. The normalized spacial score (nSPS) is 16.4. The van der Waals surface area contributed by atoms with E-state index in [2.05, 4.69) is 5.32 Å². The van der Waals surface area contributed by atoms with Gasteiger partial charge in [0.2, 0.25) is 5.91 Å². The second-order valence-corrected chi connectivity index (χ2v) is 10.4. The van der Waals surface area contributed by atoms with Gasteiger partial charge in [-0.2, -0.15) is 13.2 Å². The second kappa shape index (κ2) is 10.2. The number of anilines is 1. The summed E-state index contributed by atoms with van der Waals surface area (Å²) in [6, 6.07) is 9.81. The van der Waals surface area contributed by atoms with Crippen LogP contribution in [-0.4, -0.2) is 44.7 Å². The summed E-state index contributed by atoms with van der Waals surface area (Å²) in [5, 5.41) is 11.8. The molecule has 1 aliphatic rings. The molecule has 0 fully saturated rings. The lowest BCUT2D eigenvalue weighted by atomic mass is 10.0. The van der Waals surface area contributed by atoms with Gasteiger partial charge < -0.3 is 15.2 Å². The number of nitrogens with one attached hydrogen (secondary N) is 1. The lowest BCUT2D eigenvalue weighted by molar-refractivity contribution is -0.137. The number of fused-ring (bicyclic) bond motifs is 1. The number of rotatable bonds is 6. The smallest absolute Gasteiger partial charge is 0.416 e. The first kappa shape index (κ1) is 27.3. The summed E-state index contributed by atoms with van der Waals surface area (Å²) in [5.41, 5.74) is -1.38. The van der Waals surface area contributed by atoms with Gasteiger partial charge in [0.15, 0.2) is 0 Å². The van der Waals surface area contributed by atoms with Crippen molar-refractivity contribution in [2.24, 2.45) is 0 Å². The molecule has 0 spiro atoms. The van der Waals surface area contributed by atoms with E-state index in [-0.39, 0.29) is 29.1 Å². The number of hydrogen-bond donors (Lipinski definition) is 2. The Labute approximate surface area is 214 Å². The number of hydrogen-bond acceptors (Lipinski definition) is 5. The molecule has 2 N–H and O–H groups in total. The summed E-state index contributed by atoms with van der Waals surface area (Å²) in [6.07, 6.45) is -7.15. The first-order chi connectivity index (χ1) is 17.8. The number of alkyl halides is 3. The molecule has 4 rings (SSSR count). The van der Waals surface area contributed by atoms with Crippen LogP contribution in [0.2, 0.25) is 0 Å². The number of aliphatic hydroxyl groups is 1. The molecule has 0 radical (unpaired) electrons. The van der Waals surface area contributed by atoms with Crippen molar-refractivity contribution >= 4 is 21.6 Å². The number of amides is 1. The Morgan fingerprint density at radius 1 is 1.13 bits per heavy atom. The van der Waals surface area contributed by atoms with Crippen LogP contribution in [0.3, 0.4) is 0 Å². The number of benzene rings is 3. The topological polar surface area (TPSA) is 95.9 Å². The van der Waals surface area contributed by atoms with Gasteiger partial charge in [0, 0.05) is 5.56 Å². The van der Waals surface area contributed by atoms with E-state index in [1.54, 1.807) is 0 Å². The zero-order valence-electron chi connectivity index (χ0n) is 19.7. The Bertz CT molecular complexity index is 1480. The van der Waals surface area contributed by atoms with Gasteiger partial charge in [0.25, 0.3) is 10.0 Å². The predicted molar refractivity (Wildman–Crippen MR) is 127 cm³/mol. The van der Waals surface area contributed by atoms with Crippen LogP contribution in [-0.2, 0) is 21.0 Å². The van der Waals surface area contributed by atoms with E-state index < -0.39 is 63.0 Å². The number of halogens is 5. The highest BCUT2D eigenvalue weighted by molar-refractivity contribution is 7.92. The first-order valence-electron chi connectivity index (χ1n) is 11.2. The molecule has 3 aromatic carbocycles. The van der Waals surface area contributed by atoms with Crippen molar-refractivity contribution in [3.05, 3.63) is 77.9 Å². The predicted octanol–water partition coefficient (Wildman–Crippen LogP) is 4.10. The van der Waals surface area contributed by atoms with Gasteiger partial charge in [-0.3, -0.25) is 9.10 Å². The molecule has 1 heterocycles. The average Bonchev–Trinajstić information content (AvgIpc) is 2.87. The van der Waals surface area contributed by atoms with Crippen molar-refractivity contribution in [2.75, 3.05) is 17.4 Å². The van der Waals surface area contributed by atoms with Gasteiger partial charge in [-0.1, -0.05) is 12.1 Å². The lowest BCUT2D eigenvalue weighted by Crippen LogP contribution is -2.49. The zero-order chi connectivity index (χ0) is 27.8. The Hall–Kier alpha value is -3.71. The SMILES string of the molecule is CC(O)C(=O)NC[C@H]1CN(S(=O)(=O)c2cccc(C(F)(F)F)c2)c2cc(-c3cc(F)ccc3F)ccc2O1. The van der Waals surface area contributed by atoms with Crippen LogP contribution in [0.15, 0.2) is 65.6 Å². The number of sulfonamides is 1. The molecular formula is C25H21F5N2O5S. The minimum absolute atomic E-state index is 0.0244. The zero-order valence-corrected chi connectivity index (χ0v) is 20.5. The third-order valence-electron chi connectivity index (χ3n) is 5.76. The highest BCUT2D eigenvalue weighted by Crippen LogP contribution is 2.41. The molecular weight excluding hydrogens is 535 g/mol. The molecule has 3 aromatic rings. The van der Waals surface area contributed by atoms with Crippen LogP contribution in [0.25, 0.3) is 11.1 Å². The summed E-state index contributed by atoms with van der Waals surface area (Å²) in [5.74, 6) is -2.29. The number of nitrogens with zero attached hydrogens (tertiary/aromatic N) is 1. The highest BCUT2D eigenvalue weighted by atomic mass is 32.2. The van der Waals surface area contributed by atoms with Crippen LogP contribution >= 0.6 is 0 Å². The van der Waals surface area contributed by atoms with Crippen molar-refractivity contribution in [2.45, 2.75) is 30.2 Å². The molecule has 2 atom stereocenters. The fourth-order valence-corrected chi connectivity index (χ4v) is 5.40. The van der Waals surface area contributed by atoms with E-state index in [1.165, 1.54) is 25.1 Å². The van der Waals surface area contributed by atoms with Crippen LogP contribution in [0.1, 0.15) is 12.5 Å². The summed E-state index contributed by atoms with van der Waals surface area (Å²) in [7, 11) is -4.64. The van der Waals surface area contributed by atoms with Crippen molar-refractivity contribution in [1.29, 1.82) is 0 Å². The van der Waals surface area contributed by atoms with Crippen LogP contribution in [0.4, 0.5) is 27.6 Å². The Balaban J connectivity index is 1.80. The molecule has 38 heavy (non-hydrogen) atoms. The molecule has 0 saturated heterocycles. The van der Waals surface area contributed by atoms with Gasteiger partial charge in [-0.15, -0.1) is 0 Å². The highest BCUT2D eigenvalue weighted by Gasteiger charge is 2.37. The molecule has 0 aromatic heterocycles. The monoisotopic (exact) mass is 556 g/mol. The molecule has 13 heteroatoms. The Kier molecular flexibility index (Phi) is 7.35. The molecule has 202 valence electrons. The number of aliphatic hydroxyl groups excluding tert-OH is 1. The van der Waals surface area contributed by atoms with Crippen molar-refractivity contribution in [3.63, 3.8) is 0 Å². The quantitative estimate of drug-likeness (QED) is 0.446. The number of ether oxygens (including phenoxy) is 1. The minimum Gasteiger partial charge on any atom is -0.484 e. The van der Waals surface area contributed by atoms with Crippen molar-refractivity contribution in [3.8, 4) is 16.9 Å². The van der Waals surface area contributed by atoms with Gasteiger partial charge in [0.05, 0.1) is 29.2 Å². The third kappa shape index (κ3) is 5.58. The summed E-state index contributed by atoms with van der Waals surface area (Å²) >= 11 is 0. The molecule has 0 aliphatic carbocycles. The fraction of sp³-hybridized carbons (Fsp3) is 0.240. The lowest BCUT2D eigenvalue weighted by Gasteiger charge is -2.36. The summed E-state index contributed by atoms with van der Waals surface area (Å²) < 4.78 is 102. The van der Waals surface area contributed by atoms with E-state index in [0.29, 0.717) is 6.07 Å². The average molecular weight is 557 g/mol. The largest absolute Gasteiger partial charge is 0.484 e. The van der Waals surface area contributed by atoms with Crippen LogP contribution < -0.4 is 14.4 Å². The van der Waals surface area contributed by atoms with E-state index in [1.807, 2.05) is 0 Å². The molecule has 0 bridgehead atoms. The molecule has 7 nitrogen and oxygen atoms in total. The van der Waals surface area contributed by atoms with E-state index in [0.717, 1.165) is 40.7 Å². The van der Waals surface area contributed by atoms with E-state index in [4.69, 9.17) is 4.74 Å². The van der Waals surface area contributed by atoms with Crippen LogP contribution in [0.5, 0.6) is 5.75 Å². The number of carbonyl (C=O) groups excluding carboxylic acids is 1. The summed E-state index contributed by atoms with van der Waals surface area (Å²) in [4.78, 5) is 11.1. The maximum Gasteiger partial charge on any atom is 0.416 e. The maximum absolute atomic E-state index is 14.4. The standard InChI is InChI=1S/C25H21F5N2O5S/c1-14(33)24(34)31-12-18-13-32(38(35,36)19-4-2-3-16(10-19)25(28,29)30)22-9-15(5-8-23(22)37-18)20-11-17(26)6-7-21(20)27/h2-11,14,18,33H,12-13H2,1H3,(H,31,34)/t14?,18-/m0/s1. The second-order valence-electron chi connectivity index (χ2n) is 8.53. The maximum atomic E-state index is 14.4. The van der Waals surface area contributed by atoms with Gasteiger partial charge >= 0.3 is 6.18 Å². The van der Waals surface area contributed by atoms with Crippen molar-refractivity contribution in [1.82, 2.24) is 5.32 Å². The van der Waals surface area contributed by atoms with Crippen molar-refractivity contribution < 1.29 is 45.0 Å². The van der Waals surface area contributed by atoms with Gasteiger partial charge in [-0.05, 0) is 61.0 Å². The summed E-state index contributed by atoms with van der Waals surface area (Å²) in [6.45, 7) is 0.544. The first-order valence-corrected chi connectivity index (χ1v) is 12.6. The minimum atomic E-state index is -4.80. The molecule has 1 unspecified atom stereocenters. The third-order valence-corrected chi connectivity index (χ3v) is 7.54.